The molecule has 1 aromatic heterocycles. The molecule has 0 atom stereocenters. The Morgan fingerprint density at radius 1 is 1.17 bits per heavy atom. The van der Waals surface area contributed by atoms with Crippen LogP contribution in [0, 0.1) is 5.92 Å². The van der Waals surface area contributed by atoms with Crippen LogP contribution in [0.15, 0.2) is 54.7 Å². The van der Waals surface area contributed by atoms with Crippen LogP contribution in [0.3, 0.4) is 0 Å². The molecule has 2 aromatic carbocycles. The summed E-state index contributed by atoms with van der Waals surface area (Å²) in [6.45, 7) is 4.94. The first-order valence-corrected chi connectivity index (χ1v) is 8.05. The minimum Gasteiger partial charge on any atom is -0.484 e. The van der Waals surface area contributed by atoms with E-state index < -0.39 is 0 Å². The Morgan fingerprint density at radius 3 is 2.75 bits per heavy atom. The average Bonchev–Trinajstić information content (AvgIpc) is 2.99. The molecule has 5 nitrogen and oxygen atoms in total. The summed E-state index contributed by atoms with van der Waals surface area (Å²) in [7, 11) is 0. The molecular weight excluding hydrogens is 302 g/mol. The first-order valence-electron chi connectivity index (χ1n) is 8.05. The van der Waals surface area contributed by atoms with Crippen LogP contribution in [-0.4, -0.2) is 22.3 Å². The largest absolute Gasteiger partial charge is 0.484 e. The van der Waals surface area contributed by atoms with Crippen molar-refractivity contribution in [2.75, 3.05) is 11.9 Å². The van der Waals surface area contributed by atoms with Crippen LogP contribution >= 0.6 is 0 Å². The number of hydrogen-bond donors (Lipinski definition) is 1. The predicted octanol–water partition coefficient (Wildman–Crippen LogP) is 3.71. The molecule has 5 heteroatoms. The van der Waals surface area contributed by atoms with Gasteiger partial charge in [-0.3, -0.25) is 4.79 Å². The summed E-state index contributed by atoms with van der Waals surface area (Å²) in [5.41, 5.74) is 0. The van der Waals surface area contributed by atoms with E-state index in [2.05, 4.69) is 24.3 Å². The maximum atomic E-state index is 12.1. The summed E-state index contributed by atoms with van der Waals surface area (Å²) in [5.74, 6) is 1.62. The van der Waals surface area contributed by atoms with Gasteiger partial charge in [-0.15, -0.1) is 0 Å². The molecule has 0 aliphatic heterocycles. The number of fused-ring (bicyclic) bond motifs is 1. The van der Waals surface area contributed by atoms with Crippen molar-refractivity contribution in [2.24, 2.45) is 5.92 Å². The highest BCUT2D eigenvalue weighted by molar-refractivity contribution is 5.91. The van der Waals surface area contributed by atoms with Gasteiger partial charge in [-0.2, -0.15) is 5.10 Å². The van der Waals surface area contributed by atoms with E-state index in [1.165, 1.54) is 0 Å². The Morgan fingerprint density at radius 2 is 1.96 bits per heavy atom. The average molecular weight is 323 g/mol. The van der Waals surface area contributed by atoms with E-state index >= 15 is 0 Å². The van der Waals surface area contributed by atoms with Crippen LogP contribution in [-0.2, 0) is 11.3 Å². The summed E-state index contributed by atoms with van der Waals surface area (Å²) in [6.07, 6.45) is 1.68. The van der Waals surface area contributed by atoms with Crippen LogP contribution in [0.4, 0.5) is 5.82 Å². The number of hydrogen-bond acceptors (Lipinski definition) is 3. The molecule has 0 radical (unpaired) electrons. The Balaban J connectivity index is 1.60. The molecule has 124 valence electrons. The number of nitrogens with one attached hydrogen (secondary N) is 1. The zero-order chi connectivity index (χ0) is 16.9. The van der Waals surface area contributed by atoms with E-state index in [4.69, 9.17) is 4.74 Å². The van der Waals surface area contributed by atoms with Crippen LogP contribution in [0.1, 0.15) is 13.8 Å². The molecule has 0 spiro atoms. The number of benzene rings is 2. The van der Waals surface area contributed by atoms with Gasteiger partial charge in [-0.25, -0.2) is 4.68 Å². The molecule has 0 aliphatic rings. The Kier molecular flexibility index (Phi) is 4.79. The maximum Gasteiger partial charge on any atom is 0.263 e. The number of rotatable bonds is 6. The highest BCUT2D eigenvalue weighted by Crippen LogP contribution is 2.20. The van der Waals surface area contributed by atoms with Crippen molar-refractivity contribution in [1.29, 1.82) is 0 Å². The molecule has 0 saturated carbocycles. The monoisotopic (exact) mass is 323 g/mol. The fourth-order valence-corrected chi connectivity index (χ4v) is 2.52. The van der Waals surface area contributed by atoms with E-state index in [0.29, 0.717) is 17.5 Å². The molecule has 0 bridgehead atoms. The molecule has 3 aromatic rings. The molecule has 3 rings (SSSR count). The minimum atomic E-state index is -0.200. The third-order valence-electron chi connectivity index (χ3n) is 3.61. The zero-order valence-corrected chi connectivity index (χ0v) is 13.9. The van der Waals surface area contributed by atoms with E-state index in [-0.39, 0.29) is 12.5 Å². The van der Waals surface area contributed by atoms with Gasteiger partial charge in [-0.05, 0) is 28.8 Å². The number of amides is 1. The lowest BCUT2D eigenvalue weighted by Crippen LogP contribution is -2.22. The van der Waals surface area contributed by atoms with Crippen LogP contribution in [0.2, 0.25) is 0 Å². The number of ether oxygens (including phenoxy) is 1. The first kappa shape index (κ1) is 16.1. The third-order valence-corrected chi connectivity index (χ3v) is 3.61. The van der Waals surface area contributed by atoms with Gasteiger partial charge in [0.1, 0.15) is 11.6 Å². The van der Waals surface area contributed by atoms with Crippen LogP contribution < -0.4 is 10.1 Å². The smallest absolute Gasteiger partial charge is 0.263 e. The standard InChI is InChI=1S/C19H21N3O2/c1-14(2)12-22-18(9-10-20-22)21-19(23)13-24-17-8-7-15-5-3-4-6-16(15)11-17/h3-11,14H,12-13H2,1-2H3,(H,21,23). The predicted molar refractivity (Wildman–Crippen MR) is 95.1 cm³/mol. The highest BCUT2D eigenvalue weighted by atomic mass is 16.5. The normalized spacial score (nSPS) is 11.0. The van der Waals surface area contributed by atoms with Gasteiger partial charge in [0.15, 0.2) is 6.61 Å². The first-order chi connectivity index (χ1) is 11.6. The summed E-state index contributed by atoms with van der Waals surface area (Å²) in [4.78, 5) is 12.1. The Bertz CT molecular complexity index is 839. The Labute approximate surface area is 141 Å². The molecule has 0 saturated heterocycles. The van der Waals surface area contributed by atoms with Gasteiger partial charge in [0.05, 0.1) is 6.20 Å². The quantitative estimate of drug-likeness (QED) is 0.752. The lowest BCUT2D eigenvalue weighted by Gasteiger charge is -2.11. The van der Waals surface area contributed by atoms with Gasteiger partial charge in [0.2, 0.25) is 0 Å². The van der Waals surface area contributed by atoms with Crippen LogP contribution in [0.25, 0.3) is 10.8 Å². The number of carbonyl (C=O) groups is 1. The topological polar surface area (TPSA) is 56.2 Å². The second-order valence-corrected chi connectivity index (χ2v) is 6.14. The SMILES string of the molecule is CC(C)Cn1nccc1NC(=O)COc1ccc2ccccc2c1. The van der Waals surface area contributed by atoms with Crippen molar-refractivity contribution < 1.29 is 9.53 Å². The van der Waals surface area contributed by atoms with E-state index in [1.807, 2.05) is 42.5 Å². The summed E-state index contributed by atoms with van der Waals surface area (Å²) in [6, 6.07) is 15.6. The molecule has 1 heterocycles. The second kappa shape index (κ2) is 7.17. The molecule has 1 amide bonds. The number of carbonyl (C=O) groups excluding carboxylic acids is 1. The van der Waals surface area contributed by atoms with Crippen molar-refractivity contribution in [1.82, 2.24) is 9.78 Å². The lowest BCUT2D eigenvalue weighted by molar-refractivity contribution is -0.118. The summed E-state index contributed by atoms with van der Waals surface area (Å²) >= 11 is 0. The van der Waals surface area contributed by atoms with Crippen molar-refractivity contribution in [3.63, 3.8) is 0 Å². The van der Waals surface area contributed by atoms with Gasteiger partial charge in [0, 0.05) is 12.6 Å². The molecule has 1 N–H and O–H groups in total. The number of nitrogens with zero attached hydrogens (tertiary/aromatic N) is 2. The molecule has 0 unspecified atom stereocenters. The van der Waals surface area contributed by atoms with Crippen molar-refractivity contribution in [2.45, 2.75) is 20.4 Å². The third kappa shape index (κ3) is 3.93. The van der Waals surface area contributed by atoms with Gasteiger partial charge >= 0.3 is 0 Å². The highest BCUT2D eigenvalue weighted by Gasteiger charge is 2.09. The fourth-order valence-electron chi connectivity index (χ4n) is 2.52. The van der Waals surface area contributed by atoms with Crippen LogP contribution in [0.5, 0.6) is 5.75 Å². The lowest BCUT2D eigenvalue weighted by atomic mass is 10.1. The van der Waals surface area contributed by atoms with E-state index in [1.54, 1.807) is 16.9 Å². The van der Waals surface area contributed by atoms with Gasteiger partial charge < -0.3 is 10.1 Å². The molecule has 0 fully saturated rings. The Hall–Kier alpha value is -2.82. The fraction of sp³-hybridized carbons (Fsp3) is 0.263. The van der Waals surface area contributed by atoms with E-state index in [0.717, 1.165) is 17.3 Å². The second-order valence-electron chi connectivity index (χ2n) is 6.14. The molecule has 0 aliphatic carbocycles. The van der Waals surface area contributed by atoms with Gasteiger partial charge in [-0.1, -0.05) is 44.2 Å². The summed E-state index contributed by atoms with van der Waals surface area (Å²) in [5, 5.41) is 9.30. The molecular formula is C19H21N3O2. The van der Waals surface area contributed by atoms with Gasteiger partial charge in [0.25, 0.3) is 5.91 Å². The minimum absolute atomic E-state index is 0.0365. The van der Waals surface area contributed by atoms with Crippen molar-refractivity contribution >= 4 is 22.5 Å². The number of aromatic nitrogens is 2. The number of anilines is 1. The zero-order valence-electron chi connectivity index (χ0n) is 13.9. The van der Waals surface area contributed by atoms with E-state index in [9.17, 15) is 4.79 Å². The maximum absolute atomic E-state index is 12.1. The van der Waals surface area contributed by atoms with Crippen molar-refractivity contribution in [3.05, 3.63) is 54.7 Å². The summed E-state index contributed by atoms with van der Waals surface area (Å²) < 4.78 is 7.39. The van der Waals surface area contributed by atoms with Crippen molar-refractivity contribution in [3.8, 4) is 5.75 Å². The molecule has 24 heavy (non-hydrogen) atoms.